The van der Waals surface area contributed by atoms with E-state index in [1.807, 2.05) is 30.3 Å². The third kappa shape index (κ3) is 5.25. The lowest BCUT2D eigenvalue weighted by molar-refractivity contribution is -0.121. The Morgan fingerprint density at radius 2 is 1.95 bits per heavy atom. The van der Waals surface area contributed by atoms with Crippen molar-refractivity contribution in [3.8, 4) is 0 Å². The van der Waals surface area contributed by atoms with Crippen molar-refractivity contribution in [1.29, 1.82) is 0 Å². The maximum Gasteiger partial charge on any atom is 0.240 e. The monoisotopic (exact) mass is 258 g/mol. The zero-order valence-electron chi connectivity index (χ0n) is 11.3. The van der Waals surface area contributed by atoms with Crippen molar-refractivity contribution in [2.24, 2.45) is 11.0 Å². The van der Waals surface area contributed by atoms with Crippen LogP contribution in [0.25, 0.3) is 0 Å². The van der Waals surface area contributed by atoms with Crippen LogP contribution >= 0.6 is 0 Å². The lowest BCUT2D eigenvalue weighted by atomic mass is 9.86. The molecule has 2 rings (SSSR count). The molecule has 1 N–H and O–H groups in total. The van der Waals surface area contributed by atoms with Gasteiger partial charge in [0.15, 0.2) is 0 Å². The summed E-state index contributed by atoms with van der Waals surface area (Å²) in [4.78, 5) is 11.7. The number of nitrogens with one attached hydrogen (secondary N) is 1. The molecule has 0 unspecified atom stereocenters. The molecule has 19 heavy (non-hydrogen) atoms. The number of nitrogens with zero attached hydrogens (tertiary/aromatic N) is 1. The quantitative estimate of drug-likeness (QED) is 0.637. The van der Waals surface area contributed by atoms with E-state index in [2.05, 4.69) is 10.5 Å². The van der Waals surface area contributed by atoms with Crippen LogP contribution in [0.3, 0.4) is 0 Å². The Labute approximate surface area is 115 Å². The molecule has 1 amide bonds. The van der Waals surface area contributed by atoms with Crippen LogP contribution in [0.5, 0.6) is 0 Å². The second-order valence-corrected chi connectivity index (χ2v) is 5.25. The first kappa shape index (κ1) is 13.8. The molecule has 3 nitrogen and oxygen atoms in total. The lowest BCUT2D eigenvalue weighted by Crippen LogP contribution is -2.19. The van der Waals surface area contributed by atoms with E-state index in [1.54, 1.807) is 6.21 Å². The van der Waals surface area contributed by atoms with E-state index in [9.17, 15) is 4.79 Å². The minimum absolute atomic E-state index is 0.0257. The molecule has 1 aliphatic rings. The molecule has 1 aromatic rings. The Morgan fingerprint density at radius 3 is 2.68 bits per heavy atom. The summed E-state index contributed by atoms with van der Waals surface area (Å²) in [7, 11) is 0. The summed E-state index contributed by atoms with van der Waals surface area (Å²) in [5, 5.41) is 3.98. The first-order valence-corrected chi connectivity index (χ1v) is 7.21. The van der Waals surface area contributed by atoms with Gasteiger partial charge in [-0.1, -0.05) is 62.4 Å². The number of carbonyl (C=O) groups is 1. The molecule has 1 aliphatic carbocycles. The molecule has 0 saturated heterocycles. The summed E-state index contributed by atoms with van der Waals surface area (Å²) in [5.41, 5.74) is 3.60. The first-order chi connectivity index (χ1) is 9.34. The van der Waals surface area contributed by atoms with Crippen molar-refractivity contribution in [2.75, 3.05) is 0 Å². The van der Waals surface area contributed by atoms with Gasteiger partial charge in [-0.25, -0.2) is 5.43 Å². The molecule has 1 saturated carbocycles. The van der Waals surface area contributed by atoms with E-state index < -0.39 is 0 Å². The number of amides is 1. The maximum atomic E-state index is 11.7. The number of hydrogen-bond donors (Lipinski definition) is 1. The number of hydrogen-bond acceptors (Lipinski definition) is 2. The fraction of sp³-hybridized carbons (Fsp3) is 0.500. The summed E-state index contributed by atoms with van der Waals surface area (Å²) in [6.07, 6.45) is 9.89. The highest BCUT2D eigenvalue weighted by molar-refractivity contribution is 5.82. The highest BCUT2D eigenvalue weighted by Crippen LogP contribution is 2.27. The normalized spacial score (nSPS) is 16.6. The molecular formula is C16H22N2O. The topological polar surface area (TPSA) is 41.5 Å². The number of rotatable bonds is 5. The van der Waals surface area contributed by atoms with Gasteiger partial charge < -0.3 is 0 Å². The third-order valence-electron chi connectivity index (χ3n) is 3.71. The summed E-state index contributed by atoms with van der Waals surface area (Å²) in [5.74, 6) is 0.773. The van der Waals surface area contributed by atoms with Gasteiger partial charge in [-0.3, -0.25) is 4.79 Å². The average Bonchev–Trinajstić information content (AvgIpc) is 2.47. The first-order valence-electron chi connectivity index (χ1n) is 7.21. The van der Waals surface area contributed by atoms with Crippen LogP contribution in [0.2, 0.25) is 0 Å². The molecule has 1 fully saturated rings. The molecule has 0 atom stereocenters. The Bertz CT molecular complexity index is 408. The minimum Gasteiger partial charge on any atom is -0.273 e. The van der Waals surface area contributed by atoms with Gasteiger partial charge in [0.25, 0.3) is 0 Å². The van der Waals surface area contributed by atoms with Gasteiger partial charge in [-0.05, 0) is 17.9 Å². The van der Waals surface area contributed by atoms with Crippen LogP contribution < -0.4 is 5.43 Å². The van der Waals surface area contributed by atoms with Crippen LogP contribution in [0, 0.1) is 5.92 Å². The Hall–Kier alpha value is -1.64. The van der Waals surface area contributed by atoms with Gasteiger partial charge in [0.2, 0.25) is 5.91 Å². The smallest absolute Gasteiger partial charge is 0.240 e. The van der Waals surface area contributed by atoms with E-state index in [4.69, 9.17) is 0 Å². The highest BCUT2D eigenvalue weighted by Gasteiger charge is 2.14. The standard InChI is InChI=1S/C16H22N2O/c19-16(12-11-14-7-3-1-4-8-14)18-17-13-15-9-5-2-6-10-15/h2,5-6,9-10,13-14H,1,3-4,7-8,11-12H2,(H,18,19)/b17-13-. The van der Waals surface area contributed by atoms with Crippen LogP contribution in [0.4, 0.5) is 0 Å². The predicted octanol–water partition coefficient (Wildman–Crippen LogP) is 3.50. The maximum absolute atomic E-state index is 11.7. The molecule has 102 valence electrons. The van der Waals surface area contributed by atoms with E-state index >= 15 is 0 Å². The summed E-state index contributed by atoms with van der Waals surface area (Å²) >= 11 is 0. The van der Waals surface area contributed by atoms with E-state index in [0.717, 1.165) is 17.9 Å². The van der Waals surface area contributed by atoms with Gasteiger partial charge in [0.05, 0.1) is 6.21 Å². The zero-order chi connectivity index (χ0) is 13.3. The van der Waals surface area contributed by atoms with E-state index in [0.29, 0.717) is 6.42 Å². The number of hydrazone groups is 1. The predicted molar refractivity (Wildman–Crippen MR) is 78.0 cm³/mol. The fourth-order valence-electron chi connectivity index (χ4n) is 2.58. The van der Waals surface area contributed by atoms with Crippen LogP contribution in [0.1, 0.15) is 50.5 Å². The van der Waals surface area contributed by atoms with Crippen molar-refractivity contribution < 1.29 is 4.79 Å². The average molecular weight is 258 g/mol. The van der Waals surface area contributed by atoms with Crippen molar-refractivity contribution in [3.63, 3.8) is 0 Å². The van der Waals surface area contributed by atoms with Gasteiger partial charge >= 0.3 is 0 Å². The van der Waals surface area contributed by atoms with Gasteiger partial charge in [-0.15, -0.1) is 0 Å². The molecule has 0 spiro atoms. The van der Waals surface area contributed by atoms with Crippen LogP contribution in [0.15, 0.2) is 35.4 Å². The van der Waals surface area contributed by atoms with Gasteiger partial charge in [-0.2, -0.15) is 5.10 Å². The Morgan fingerprint density at radius 1 is 1.21 bits per heavy atom. The van der Waals surface area contributed by atoms with Crippen LogP contribution in [-0.2, 0) is 4.79 Å². The molecular weight excluding hydrogens is 236 g/mol. The fourth-order valence-corrected chi connectivity index (χ4v) is 2.58. The highest BCUT2D eigenvalue weighted by atomic mass is 16.2. The van der Waals surface area contributed by atoms with E-state index in [1.165, 1.54) is 32.1 Å². The van der Waals surface area contributed by atoms with E-state index in [-0.39, 0.29) is 5.91 Å². The summed E-state index contributed by atoms with van der Waals surface area (Å²) < 4.78 is 0. The largest absolute Gasteiger partial charge is 0.273 e. The Balaban J connectivity index is 1.65. The molecule has 0 bridgehead atoms. The number of carbonyl (C=O) groups excluding carboxylic acids is 1. The Kier molecular flexibility index (Phi) is 5.60. The summed E-state index contributed by atoms with van der Waals surface area (Å²) in [6, 6.07) is 9.77. The van der Waals surface area contributed by atoms with Crippen molar-refractivity contribution >= 4 is 12.1 Å². The molecule has 0 heterocycles. The molecule has 3 heteroatoms. The third-order valence-corrected chi connectivity index (χ3v) is 3.71. The molecule has 0 radical (unpaired) electrons. The SMILES string of the molecule is O=C(CCC1CCCCC1)N/N=C\c1ccccc1. The lowest BCUT2D eigenvalue weighted by Gasteiger charge is -2.20. The van der Waals surface area contributed by atoms with Crippen molar-refractivity contribution in [1.82, 2.24) is 5.43 Å². The van der Waals surface area contributed by atoms with Crippen LogP contribution in [-0.4, -0.2) is 12.1 Å². The summed E-state index contributed by atoms with van der Waals surface area (Å²) in [6.45, 7) is 0. The van der Waals surface area contributed by atoms with Crippen molar-refractivity contribution in [2.45, 2.75) is 44.9 Å². The molecule has 1 aromatic carbocycles. The second-order valence-electron chi connectivity index (χ2n) is 5.25. The zero-order valence-corrected chi connectivity index (χ0v) is 11.3. The molecule has 0 aromatic heterocycles. The number of benzene rings is 1. The molecule has 0 aliphatic heterocycles. The minimum atomic E-state index is 0.0257. The second kappa shape index (κ2) is 7.72. The van der Waals surface area contributed by atoms with Crippen molar-refractivity contribution in [3.05, 3.63) is 35.9 Å². The van der Waals surface area contributed by atoms with Gasteiger partial charge in [0, 0.05) is 6.42 Å². The van der Waals surface area contributed by atoms with Gasteiger partial charge in [0.1, 0.15) is 0 Å².